The molecule has 0 rings (SSSR count). The Morgan fingerprint density at radius 1 is 1.39 bits per heavy atom. The number of ether oxygens (including phenoxy) is 2. The van der Waals surface area contributed by atoms with Gasteiger partial charge in [0.25, 0.3) is 5.91 Å². The molecule has 6 nitrogen and oxygen atoms in total. The molecule has 0 aliphatic carbocycles. The van der Waals surface area contributed by atoms with Gasteiger partial charge in [-0.1, -0.05) is 0 Å². The van der Waals surface area contributed by atoms with Gasteiger partial charge in [0, 0.05) is 39.6 Å². The van der Waals surface area contributed by atoms with Gasteiger partial charge in [0.1, 0.15) is 11.6 Å². The van der Waals surface area contributed by atoms with Crippen LogP contribution < -0.4 is 10.6 Å². The molecule has 0 aromatic carbocycles. The Balaban J connectivity index is 3.85. The van der Waals surface area contributed by atoms with Crippen molar-refractivity contribution in [2.75, 3.05) is 40.0 Å². The molecule has 0 aliphatic rings. The molecule has 0 aliphatic heterocycles. The van der Waals surface area contributed by atoms with Crippen LogP contribution in [-0.4, -0.2) is 45.9 Å². The van der Waals surface area contributed by atoms with E-state index in [-0.39, 0.29) is 11.5 Å². The number of nitrogens with one attached hydrogen (secondary N) is 2. The summed E-state index contributed by atoms with van der Waals surface area (Å²) in [5.74, 6) is -0.376. The van der Waals surface area contributed by atoms with E-state index in [4.69, 9.17) is 14.7 Å². The van der Waals surface area contributed by atoms with E-state index < -0.39 is 0 Å². The molecule has 102 valence electrons. The van der Waals surface area contributed by atoms with Crippen LogP contribution in [0.4, 0.5) is 0 Å². The van der Waals surface area contributed by atoms with Crippen molar-refractivity contribution in [2.24, 2.45) is 0 Å². The second kappa shape index (κ2) is 11.9. The van der Waals surface area contributed by atoms with Gasteiger partial charge in [0.15, 0.2) is 0 Å². The molecule has 0 fully saturated rings. The van der Waals surface area contributed by atoms with Crippen molar-refractivity contribution >= 4 is 5.91 Å². The molecule has 1 amide bonds. The Kier molecular flexibility index (Phi) is 10.8. The number of rotatable bonds is 10. The molecule has 0 aromatic heterocycles. The Morgan fingerprint density at radius 2 is 2.17 bits per heavy atom. The van der Waals surface area contributed by atoms with Gasteiger partial charge in [-0.3, -0.25) is 4.79 Å². The van der Waals surface area contributed by atoms with Crippen LogP contribution in [0.15, 0.2) is 11.8 Å². The lowest BCUT2D eigenvalue weighted by Crippen LogP contribution is -2.27. The van der Waals surface area contributed by atoms with Crippen molar-refractivity contribution in [2.45, 2.75) is 13.3 Å². The highest BCUT2D eigenvalue weighted by atomic mass is 16.5. The van der Waals surface area contributed by atoms with E-state index in [1.165, 1.54) is 6.20 Å². The fourth-order valence-electron chi connectivity index (χ4n) is 1.10. The highest BCUT2D eigenvalue weighted by Gasteiger charge is 2.07. The van der Waals surface area contributed by atoms with Crippen LogP contribution in [0.2, 0.25) is 0 Å². The number of methoxy groups -OCH3 is 1. The maximum absolute atomic E-state index is 11.6. The maximum Gasteiger partial charge on any atom is 0.263 e. The topological polar surface area (TPSA) is 83.4 Å². The van der Waals surface area contributed by atoms with Crippen molar-refractivity contribution in [3.63, 3.8) is 0 Å². The summed E-state index contributed by atoms with van der Waals surface area (Å²) in [4.78, 5) is 11.6. The molecule has 0 heterocycles. The average molecular weight is 255 g/mol. The Bertz CT molecular complexity index is 297. The third-order valence-electron chi connectivity index (χ3n) is 2.02. The van der Waals surface area contributed by atoms with Crippen LogP contribution in [0.25, 0.3) is 0 Å². The molecular weight excluding hydrogens is 234 g/mol. The second-order valence-corrected chi connectivity index (χ2v) is 3.42. The lowest BCUT2D eigenvalue weighted by atomic mass is 10.3. The summed E-state index contributed by atoms with van der Waals surface area (Å²) in [6, 6.07) is 1.85. The van der Waals surface area contributed by atoms with Crippen molar-refractivity contribution in [1.82, 2.24) is 10.6 Å². The SMILES string of the molecule is CCOCCCNC(=O)/C(C#N)=C\NCCOC. The molecule has 0 saturated carbocycles. The van der Waals surface area contributed by atoms with Crippen LogP contribution >= 0.6 is 0 Å². The molecule has 0 spiro atoms. The number of carbonyl (C=O) groups is 1. The van der Waals surface area contributed by atoms with E-state index in [9.17, 15) is 4.79 Å². The number of carbonyl (C=O) groups excluding carboxylic acids is 1. The average Bonchev–Trinajstić information content (AvgIpc) is 2.38. The first kappa shape index (κ1) is 16.4. The molecule has 0 radical (unpaired) electrons. The maximum atomic E-state index is 11.6. The predicted molar refractivity (Wildman–Crippen MR) is 67.7 cm³/mol. The summed E-state index contributed by atoms with van der Waals surface area (Å²) in [6.07, 6.45) is 2.13. The fraction of sp³-hybridized carbons (Fsp3) is 0.667. The van der Waals surface area contributed by atoms with Crippen LogP contribution in [0.3, 0.4) is 0 Å². The van der Waals surface area contributed by atoms with Crippen LogP contribution in [0.5, 0.6) is 0 Å². The highest BCUT2D eigenvalue weighted by Crippen LogP contribution is 1.90. The monoisotopic (exact) mass is 255 g/mol. The summed E-state index contributed by atoms with van der Waals surface area (Å²) in [7, 11) is 1.58. The Morgan fingerprint density at radius 3 is 2.78 bits per heavy atom. The number of hydrogen-bond acceptors (Lipinski definition) is 5. The Hall–Kier alpha value is -1.58. The van der Waals surface area contributed by atoms with Gasteiger partial charge in [-0.25, -0.2) is 0 Å². The molecular formula is C12H21N3O3. The zero-order valence-electron chi connectivity index (χ0n) is 11.0. The molecule has 0 saturated heterocycles. The van der Waals surface area contributed by atoms with Crippen LogP contribution in [-0.2, 0) is 14.3 Å². The van der Waals surface area contributed by atoms with Gasteiger partial charge >= 0.3 is 0 Å². The fourth-order valence-corrected chi connectivity index (χ4v) is 1.10. The molecule has 2 N–H and O–H groups in total. The largest absolute Gasteiger partial charge is 0.387 e. The van der Waals surface area contributed by atoms with E-state index >= 15 is 0 Å². The van der Waals surface area contributed by atoms with Gasteiger partial charge < -0.3 is 20.1 Å². The van der Waals surface area contributed by atoms with Gasteiger partial charge in [-0.05, 0) is 13.3 Å². The molecule has 18 heavy (non-hydrogen) atoms. The van der Waals surface area contributed by atoms with E-state index in [0.717, 1.165) is 6.42 Å². The first-order valence-electron chi connectivity index (χ1n) is 5.94. The normalized spacial score (nSPS) is 10.8. The minimum absolute atomic E-state index is 0.0579. The van der Waals surface area contributed by atoms with Gasteiger partial charge in [-0.15, -0.1) is 0 Å². The van der Waals surface area contributed by atoms with Gasteiger partial charge in [0.2, 0.25) is 0 Å². The zero-order valence-corrected chi connectivity index (χ0v) is 11.0. The van der Waals surface area contributed by atoms with Crippen molar-refractivity contribution < 1.29 is 14.3 Å². The lowest BCUT2D eigenvalue weighted by Gasteiger charge is -2.05. The zero-order chi connectivity index (χ0) is 13.6. The Labute approximate surface area is 108 Å². The minimum atomic E-state index is -0.376. The molecule has 0 unspecified atom stereocenters. The summed E-state index contributed by atoms with van der Waals surface area (Å²) < 4.78 is 9.97. The number of amides is 1. The van der Waals surface area contributed by atoms with Crippen LogP contribution in [0, 0.1) is 11.3 Å². The van der Waals surface area contributed by atoms with Crippen molar-refractivity contribution in [3.05, 3.63) is 11.8 Å². The quantitative estimate of drug-likeness (QED) is 0.330. The molecule has 0 aromatic rings. The number of nitriles is 1. The first-order chi connectivity index (χ1) is 8.76. The second-order valence-electron chi connectivity index (χ2n) is 3.42. The van der Waals surface area contributed by atoms with Crippen molar-refractivity contribution in [1.29, 1.82) is 5.26 Å². The lowest BCUT2D eigenvalue weighted by molar-refractivity contribution is -0.117. The summed E-state index contributed by atoms with van der Waals surface area (Å²) in [5, 5.41) is 14.3. The highest BCUT2D eigenvalue weighted by molar-refractivity contribution is 5.97. The summed E-state index contributed by atoms with van der Waals surface area (Å²) in [5.41, 5.74) is 0.0579. The number of hydrogen-bond donors (Lipinski definition) is 2. The summed E-state index contributed by atoms with van der Waals surface area (Å²) >= 11 is 0. The molecule has 0 atom stereocenters. The summed E-state index contributed by atoms with van der Waals surface area (Å²) in [6.45, 7) is 4.76. The van der Waals surface area contributed by atoms with Gasteiger partial charge in [-0.2, -0.15) is 5.26 Å². The van der Waals surface area contributed by atoms with Crippen molar-refractivity contribution in [3.8, 4) is 6.07 Å². The standard InChI is InChI=1S/C12H21N3O3/c1-3-18-7-4-5-15-12(16)11(9-13)10-14-6-8-17-2/h10,14H,3-8H2,1-2H3,(H,15,16)/b11-10-. The molecule has 6 heteroatoms. The molecule has 0 bridgehead atoms. The predicted octanol–water partition coefficient (Wildman–Crippen LogP) is 0.173. The third kappa shape index (κ3) is 8.56. The first-order valence-corrected chi connectivity index (χ1v) is 5.94. The smallest absolute Gasteiger partial charge is 0.263 e. The van der Waals surface area contributed by atoms with E-state index in [1.54, 1.807) is 7.11 Å². The minimum Gasteiger partial charge on any atom is -0.387 e. The van der Waals surface area contributed by atoms with Gasteiger partial charge in [0.05, 0.1) is 6.61 Å². The van der Waals surface area contributed by atoms with Crippen LogP contribution in [0.1, 0.15) is 13.3 Å². The number of nitrogens with zero attached hydrogens (tertiary/aromatic N) is 1. The van der Waals surface area contributed by atoms with E-state index in [2.05, 4.69) is 10.6 Å². The third-order valence-corrected chi connectivity index (χ3v) is 2.02. The van der Waals surface area contributed by atoms with E-state index in [0.29, 0.717) is 32.9 Å². The van der Waals surface area contributed by atoms with E-state index in [1.807, 2.05) is 13.0 Å².